The maximum Gasteiger partial charge on any atom is 0.252 e. The Morgan fingerprint density at radius 3 is 2.23 bits per heavy atom. The Balaban J connectivity index is 1.52. The standard InChI is InChI=1S/C25H28N2O2S/c1-18(2)19-5-7-20(8-6-19)24(23-4-3-17-30-23)26-25(28)21-9-11-22(12-10-21)27-13-15-29-16-14-27/h3-12,17-18,24H,13-16H2,1-2H3,(H,26,28). The second-order valence-electron chi connectivity index (χ2n) is 7.89. The molecule has 1 aromatic heterocycles. The van der Waals surface area contributed by atoms with Crippen molar-refractivity contribution in [1.82, 2.24) is 5.32 Å². The third-order valence-corrected chi connectivity index (χ3v) is 6.48. The van der Waals surface area contributed by atoms with Crippen molar-refractivity contribution < 1.29 is 9.53 Å². The normalized spacial score (nSPS) is 15.2. The largest absolute Gasteiger partial charge is 0.378 e. The molecule has 1 atom stereocenters. The number of anilines is 1. The molecular formula is C25H28N2O2S. The van der Waals surface area contributed by atoms with Crippen LogP contribution < -0.4 is 10.2 Å². The number of carbonyl (C=O) groups excluding carboxylic acids is 1. The van der Waals surface area contributed by atoms with Gasteiger partial charge in [0.2, 0.25) is 0 Å². The molecule has 4 nitrogen and oxygen atoms in total. The van der Waals surface area contributed by atoms with E-state index in [4.69, 9.17) is 4.74 Å². The number of benzene rings is 2. The van der Waals surface area contributed by atoms with Gasteiger partial charge < -0.3 is 15.0 Å². The molecule has 30 heavy (non-hydrogen) atoms. The van der Waals surface area contributed by atoms with Gasteiger partial charge in [0.15, 0.2) is 0 Å². The molecule has 0 aliphatic carbocycles. The number of carbonyl (C=O) groups is 1. The molecule has 4 rings (SSSR count). The van der Waals surface area contributed by atoms with Crippen LogP contribution in [0.4, 0.5) is 5.69 Å². The Labute approximate surface area is 182 Å². The van der Waals surface area contributed by atoms with Gasteiger partial charge >= 0.3 is 0 Å². The predicted molar refractivity (Wildman–Crippen MR) is 124 cm³/mol. The Hall–Kier alpha value is -2.63. The number of nitrogens with zero attached hydrogens (tertiary/aromatic N) is 1. The average molecular weight is 421 g/mol. The molecule has 2 heterocycles. The molecule has 1 aliphatic rings. The zero-order chi connectivity index (χ0) is 20.9. The van der Waals surface area contributed by atoms with Crippen molar-refractivity contribution in [3.05, 3.63) is 87.6 Å². The smallest absolute Gasteiger partial charge is 0.252 e. The Morgan fingerprint density at radius 2 is 1.63 bits per heavy atom. The van der Waals surface area contributed by atoms with E-state index in [0.717, 1.165) is 42.4 Å². The van der Waals surface area contributed by atoms with E-state index in [-0.39, 0.29) is 11.9 Å². The summed E-state index contributed by atoms with van der Waals surface area (Å²) in [6, 6.07) is 20.4. The first-order chi connectivity index (χ1) is 14.6. The van der Waals surface area contributed by atoms with Crippen molar-refractivity contribution in [1.29, 1.82) is 0 Å². The van der Waals surface area contributed by atoms with Crippen molar-refractivity contribution in [3.8, 4) is 0 Å². The minimum Gasteiger partial charge on any atom is -0.378 e. The minimum absolute atomic E-state index is 0.0603. The van der Waals surface area contributed by atoms with Gasteiger partial charge in [-0.1, -0.05) is 44.2 Å². The summed E-state index contributed by atoms with van der Waals surface area (Å²) in [5.74, 6) is 0.425. The number of amides is 1. The molecule has 1 saturated heterocycles. The van der Waals surface area contributed by atoms with Gasteiger partial charge in [-0.2, -0.15) is 0 Å². The molecule has 1 fully saturated rings. The first kappa shape index (κ1) is 20.6. The van der Waals surface area contributed by atoms with Gasteiger partial charge in [-0.3, -0.25) is 4.79 Å². The van der Waals surface area contributed by atoms with Gasteiger partial charge in [0.05, 0.1) is 19.3 Å². The van der Waals surface area contributed by atoms with Crippen molar-refractivity contribution in [2.45, 2.75) is 25.8 Å². The lowest BCUT2D eigenvalue weighted by atomic mass is 9.98. The van der Waals surface area contributed by atoms with Crippen LogP contribution in [0.5, 0.6) is 0 Å². The van der Waals surface area contributed by atoms with E-state index in [0.29, 0.717) is 11.5 Å². The van der Waals surface area contributed by atoms with Crippen LogP contribution in [0.25, 0.3) is 0 Å². The van der Waals surface area contributed by atoms with Crippen LogP contribution in [0.2, 0.25) is 0 Å². The van der Waals surface area contributed by atoms with E-state index in [1.165, 1.54) is 5.56 Å². The van der Waals surface area contributed by atoms with E-state index in [9.17, 15) is 4.79 Å². The summed E-state index contributed by atoms with van der Waals surface area (Å²) in [7, 11) is 0. The fourth-order valence-electron chi connectivity index (χ4n) is 3.71. The molecule has 1 N–H and O–H groups in total. The lowest BCUT2D eigenvalue weighted by Crippen LogP contribution is -2.36. The summed E-state index contributed by atoms with van der Waals surface area (Å²) in [5, 5.41) is 5.29. The zero-order valence-corrected chi connectivity index (χ0v) is 18.3. The third-order valence-electron chi connectivity index (χ3n) is 5.55. The van der Waals surface area contributed by atoms with Gasteiger partial charge in [-0.25, -0.2) is 0 Å². The molecule has 0 spiro atoms. The van der Waals surface area contributed by atoms with E-state index in [2.05, 4.69) is 54.4 Å². The number of rotatable bonds is 6. The van der Waals surface area contributed by atoms with Crippen molar-refractivity contribution >= 4 is 22.9 Å². The van der Waals surface area contributed by atoms with Crippen LogP contribution in [-0.4, -0.2) is 32.2 Å². The first-order valence-electron chi connectivity index (χ1n) is 10.5. The summed E-state index contributed by atoms with van der Waals surface area (Å²) in [6.45, 7) is 7.65. The fourth-order valence-corrected chi connectivity index (χ4v) is 4.51. The summed E-state index contributed by atoms with van der Waals surface area (Å²) >= 11 is 1.66. The molecule has 0 radical (unpaired) electrons. The number of ether oxygens (including phenoxy) is 1. The molecule has 0 saturated carbocycles. The Morgan fingerprint density at radius 1 is 0.967 bits per heavy atom. The van der Waals surface area contributed by atoms with E-state index >= 15 is 0 Å². The predicted octanol–water partition coefficient (Wildman–Crippen LogP) is 5.23. The van der Waals surface area contributed by atoms with E-state index in [1.807, 2.05) is 35.7 Å². The number of morpholine rings is 1. The maximum atomic E-state index is 13.0. The van der Waals surface area contributed by atoms with Gasteiger partial charge in [0.1, 0.15) is 0 Å². The topological polar surface area (TPSA) is 41.6 Å². The number of thiophene rings is 1. The SMILES string of the molecule is CC(C)c1ccc(C(NC(=O)c2ccc(N3CCOCC3)cc2)c2cccs2)cc1. The highest BCUT2D eigenvalue weighted by atomic mass is 32.1. The van der Waals surface area contributed by atoms with Gasteiger partial charge in [0, 0.05) is 29.2 Å². The highest BCUT2D eigenvalue weighted by molar-refractivity contribution is 7.10. The Bertz CT molecular complexity index is 944. The highest BCUT2D eigenvalue weighted by Gasteiger charge is 2.19. The minimum atomic E-state index is -0.155. The molecule has 1 aliphatic heterocycles. The summed E-state index contributed by atoms with van der Waals surface area (Å²) < 4.78 is 5.42. The number of hydrogen-bond donors (Lipinski definition) is 1. The molecule has 5 heteroatoms. The molecule has 3 aromatic rings. The van der Waals surface area contributed by atoms with Gasteiger partial charge in [0.25, 0.3) is 5.91 Å². The van der Waals surface area contributed by atoms with E-state index < -0.39 is 0 Å². The quantitative estimate of drug-likeness (QED) is 0.594. The van der Waals surface area contributed by atoms with Gasteiger partial charge in [-0.15, -0.1) is 11.3 Å². The second kappa shape index (κ2) is 9.45. The average Bonchev–Trinajstić information content (AvgIpc) is 3.33. The molecular weight excluding hydrogens is 392 g/mol. The second-order valence-corrected chi connectivity index (χ2v) is 8.87. The number of nitrogens with one attached hydrogen (secondary N) is 1. The molecule has 1 amide bonds. The lowest BCUT2D eigenvalue weighted by Gasteiger charge is -2.29. The van der Waals surface area contributed by atoms with Crippen molar-refractivity contribution in [2.75, 3.05) is 31.2 Å². The van der Waals surface area contributed by atoms with Crippen molar-refractivity contribution in [2.24, 2.45) is 0 Å². The number of hydrogen-bond acceptors (Lipinski definition) is 4. The highest BCUT2D eigenvalue weighted by Crippen LogP contribution is 2.28. The first-order valence-corrected chi connectivity index (χ1v) is 11.4. The summed E-state index contributed by atoms with van der Waals surface area (Å²) in [6.07, 6.45) is 0. The summed E-state index contributed by atoms with van der Waals surface area (Å²) in [4.78, 5) is 16.5. The monoisotopic (exact) mass is 420 g/mol. The Kier molecular flexibility index (Phi) is 6.50. The van der Waals surface area contributed by atoms with Crippen LogP contribution in [0, 0.1) is 0 Å². The fraction of sp³-hybridized carbons (Fsp3) is 0.320. The van der Waals surface area contributed by atoms with E-state index in [1.54, 1.807) is 11.3 Å². The zero-order valence-electron chi connectivity index (χ0n) is 17.5. The maximum absolute atomic E-state index is 13.0. The van der Waals surface area contributed by atoms with Crippen LogP contribution in [-0.2, 0) is 4.74 Å². The molecule has 1 unspecified atom stereocenters. The molecule has 0 bridgehead atoms. The molecule has 156 valence electrons. The van der Waals surface area contributed by atoms with Crippen LogP contribution in [0.15, 0.2) is 66.0 Å². The van der Waals surface area contributed by atoms with Crippen LogP contribution in [0.3, 0.4) is 0 Å². The van der Waals surface area contributed by atoms with Gasteiger partial charge in [-0.05, 0) is 52.8 Å². The molecule has 2 aromatic carbocycles. The van der Waals surface area contributed by atoms with Crippen LogP contribution in [0.1, 0.15) is 52.2 Å². The lowest BCUT2D eigenvalue weighted by molar-refractivity contribution is 0.0943. The van der Waals surface area contributed by atoms with Crippen molar-refractivity contribution in [3.63, 3.8) is 0 Å². The van der Waals surface area contributed by atoms with Crippen LogP contribution >= 0.6 is 11.3 Å². The summed E-state index contributed by atoms with van der Waals surface area (Å²) in [5.41, 5.74) is 4.20. The third kappa shape index (κ3) is 4.74.